The molecule has 0 bridgehead atoms. The van der Waals surface area contributed by atoms with Crippen LogP contribution in [-0.2, 0) is 0 Å². The summed E-state index contributed by atoms with van der Waals surface area (Å²) in [5.41, 5.74) is 7.94. The van der Waals surface area contributed by atoms with E-state index >= 15 is 0 Å². The topological polar surface area (TPSA) is 38.0 Å². The molecule has 0 amide bonds. The van der Waals surface area contributed by atoms with Crippen LogP contribution in [0.1, 0.15) is 6.92 Å². The number of dihydropyridines is 1. The summed E-state index contributed by atoms with van der Waals surface area (Å²) in [6.07, 6.45) is 4.09. The zero-order chi connectivity index (χ0) is 6.69. The van der Waals surface area contributed by atoms with Crippen molar-refractivity contribution in [1.29, 1.82) is 0 Å². The van der Waals surface area contributed by atoms with E-state index in [9.17, 15) is 0 Å². The van der Waals surface area contributed by atoms with Gasteiger partial charge in [-0.25, -0.2) is 0 Å². The second-order valence-electron chi connectivity index (χ2n) is 2.29. The Morgan fingerprint density at radius 1 is 1.78 bits per heavy atom. The van der Waals surface area contributed by atoms with E-state index < -0.39 is 0 Å². The van der Waals surface area contributed by atoms with Gasteiger partial charge in [0.25, 0.3) is 0 Å². The molecule has 0 spiro atoms. The maximum atomic E-state index is 5.41. The van der Waals surface area contributed by atoms with Crippen LogP contribution in [-0.4, -0.2) is 13.1 Å². The van der Waals surface area contributed by atoms with E-state index in [0.717, 1.165) is 6.54 Å². The van der Waals surface area contributed by atoms with Crippen LogP contribution < -0.4 is 11.1 Å². The molecule has 2 nitrogen and oxygen atoms in total. The van der Waals surface area contributed by atoms with E-state index in [4.69, 9.17) is 5.73 Å². The highest BCUT2D eigenvalue weighted by Gasteiger charge is 1.96. The van der Waals surface area contributed by atoms with Crippen molar-refractivity contribution in [3.8, 4) is 0 Å². The van der Waals surface area contributed by atoms with E-state index in [1.165, 1.54) is 11.1 Å². The van der Waals surface area contributed by atoms with Crippen LogP contribution in [0, 0.1) is 0 Å². The Labute approximate surface area is 55.4 Å². The van der Waals surface area contributed by atoms with Crippen molar-refractivity contribution in [3.05, 3.63) is 23.4 Å². The molecule has 0 aromatic carbocycles. The zero-order valence-corrected chi connectivity index (χ0v) is 5.65. The minimum Gasteiger partial charge on any atom is -0.387 e. The van der Waals surface area contributed by atoms with Crippen LogP contribution in [0.3, 0.4) is 0 Å². The second kappa shape index (κ2) is 2.69. The molecule has 1 rings (SSSR count). The summed E-state index contributed by atoms with van der Waals surface area (Å²) < 4.78 is 0. The number of nitrogens with one attached hydrogen (secondary N) is 1. The summed E-state index contributed by atoms with van der Waals surface area (Å²) in [4.78, 5) is 0. The Morgan fingerprint density at radius 2 is 2.56 bits per heavy atom. The van der Waals surface area contributed by atoms with Gasteiger partial charge in [0, 0.05) is 19.3 Å². The average molecular weight is 124 g/mol. The smallest absolute Gasteiger partial charge is 0.0355 e. The maximum absolute atomic E-state index is 5.41. The van der Waals surface area contributed by atoms with Crippen molar-refractivity contribution in [3.63, 3.8) is 0 Å². The van der Waals surface area contributed by atoms with Crippen molar-refractivity contribution in [2.45, 2.75) is 6.92 Å². The lowest BCUT2D eigenvalue weighted by Crippen LogP contribution is -2.16. The fourth-order valence-electron chi connectivity index (χ4n) is 0.870. The van der Waals surface area contributed by atoms with Gasteiger partial charge in [-0.05, 0) is 12.5 Å². The minimum absolute atomic E-state index is 0.629. The third-order valence-corrected chi connectivity index (χ3v) is 1.34. The first-order valence-electron chi connectivity index (χ1n) is 3.12. The van der Waals surface area contributed by atoms with Crippen molar-refractivity contribution in [2.75, 3.05) is 13.1 Å². The van der Waals surface area contributed by atoms with Gasteiger partial charge >= 0.3 is 0 Å². The average Bonchev–Trinajstić information content (AvgIpc) is 1.88. The van der Waals surface area contributed by atoms with Gasteiger partial charge in [0.1, 0.15) is 0 Å². The normalized spacial score (nSPS) is 18.0. The van der Waals surface area contributed by atoms with Gasteiger partial charge in [-0.1, -0.05) is 11.6 Å². The lowest BCUT2D eigenvalue weighted by Gasteiger charge is -2.09. The largest absolute Gasteiger partial charge is 0.387 e. The summed E-state index contributed by atoms with van der Waals surface area (Å²) >= 11 is 0. The summed E-state index contributed by atoms with van der Waals surface area (Å²) in [6.45, 7) is 3.68. The molecule has 50 valence electrons. The Hall–Kier alpha value is -0.760. The predicted octanol–water partition coefficient (Wildman–Crippen LogP) is 0.379. The van der Waals surface area contributed by atoms with Gasteiger partial charge in [0.05, 0.1) is 0 Å². The highest BCUT2D eigenvalue weighted by molar-refractivity contribution is 5.27. The highest BCUT2D eigenvalue weighted by Crippen LogP contribution is 2.03. The monoisotopic (exact) mass is 124 g/mol. The third kappa shape index (κ3) is 1.57. The van der Waals surface area contributed by atoms with Gasteiger partial charge in [-0.15, -0.1) is 0 Å². The fourth-order valence-corrected chi connectivity index (χ4v) is 0.870. The molecule has 0 saturated heterocycles. The Kier molecular flexibility index (Phi) is 1.90. The second-order valence-corrected chi connectivity index (χ2v) is 2.29. The first-order valence-corrected chi connectivity index (χ1v) is 3.12. The van der Waals surface area contributed by atoms with E-state index in [0.29, 0.717) is 6.54 Å². The summed E-state index contributed by atoms with van der Waals surface area (Å²) in [6, 6.07) is 0. The van der Waals surface area contributed by atoms with E-state index in [2.05, 4.69) is 18.3 Å². The zero-order valence-electron chi connectivity index (χ0n) is 5.65. The Balaban J connectivity index is 2.63. The standard InChI is InChI=1S/C7H12N2/c1-6-2-7(3-8)5-9-4-6/h2,5,9H,3-4,8H2,1H3. The molecule has 1 aliphatic heterocycles. The Morgan fingerprint density at radius 3 is 3.00 bits per heavy atom. The minimum atomic E-state index is 0.629. The first-order chi connectivity index (χ1) is 4.33. The van der Waals surface area contributed by atoms with E-state index in [1.54, 1.807) is 0 Å². The van der Waals surface area contributed by atoms with Gasteiger partial charge in [0.2, 0.25) is 0 Å². The van der Waals surface area contributed by atoms with Crippen molar-refractivity contribution in [1.82, 2.24) is 5.32 Å². The molecule has 0 atom stereocenters. The third-order valence-electron chi connectivity index (χ3n) is 1.34. The van der Waals surface area contributed by atoms with Crippen LogP contribution in [0.2, 0.25) is 0 Å². The van der Waals surface area contributed by atoms with Gasteiger partial charge in [-0.2, -0.15) is 0 Å². The van der Waals surface area contributed by atoms with E-state index in [1.807, 2.05) is 6.20 Å². The molecule has 2 heteroatoms. The first kappa shape index (κ1) is 6.36. The van der Waals surface area contributed by atoms with Gasteiger partial charge < -0.3 is 11.1 Å². The molecule has 1 aliphatic rings. The predicted molar refractivity (Wildman–Crippen MR) is 38.9 cm³/mol. The number of hydrogen-bond donors (Lipinski definition) is 2. The number of nitrogens with two attached hydrogens (primary N) is 1. The molecule has 0 aromatic rings. The molecular formula is C7H12N2. The lowest BCUT2D eigenvalue weighted by atomic mass is 10.1. The molecule has 9 heavy (non-hydrogen) atoms. The highest BCUT2D eigenvalue weighted by atomic mass is 14.8. The van der Waals surface area contributed by atoms with Crippen LogP contribution in [0.4, 0.5) is 0 Å². The van der Waals surface area contributed by atoms with Gasteiger partial charge in [-0.3, -0.25) is 0 Å². The number of rotatable bonds is 1. The summed E-state index contributed by atoms with van der Waals surface area (Å²) in [5.74, 6) is 0. The molecule has 0 aliphatic carbocycles. The van der Waals surface area contributed by atoms with Gasteiger partial charge in [0.15, 0.2) is 0 Å². The number of hydrogen-bond acceptors (Lipinski definition) is 2. The molecule has 0 saturated carbocycles. The molecule has 0 aromatic heterocycles. The molecule has 1 heterocycles. The van der Waals surface area contributed by atoms with E-state index in [-0.39, 0.29) is 0 Å². The summed E-state index contributed by atoms with van der Waals surface area (Å²) in [5, 5.41) is 3.13. The van der Waals surface area contributed by atoms with Crippen molar-refractivity contribution >= 4 is 0 Å². The quantitative estimate of drug-likeness (QED) is 0.530. The molecule has 0 radical (unpaired) electrons. The van der Waals surface area contributed by atoms with Crippen molar-refractivity contribution < 1.29 is 0 Å². The fraction of sp³-hybridized carbons (Fsp3) is 0.429. The van der Waals surface area contributed by atoms with Crippen LogP contribution >= 0.6 is 0 Å². The Bertz CT molecular complexity index is 156. The lowest BCUT2D eigenvalue weighted by molar-refractivity contribution is 0.894. The molecule has 0 fully saturated rings. The molecule has 3 N–H and O–H groups in total. The molecular weight excluding hydrogens is 112 g/mol. The van der Waals surface area contributed by atoms with Crippen LogP contribution in [0.15, 0.2) is 23.4 Å². The van der Waals surface area contributed by atoms with Crippen LogP contribution in [0.5, 0.6) is 0 Å². The SMILES string of the molecule is CC1=CC(CN)=CNC1. The summed E-state index contributed by atoms with van der Waals surface area (Å²) in [7, 11) is 0. The maximum Gasteiger partial charge on any atom is 0.0355 e. The molecule has 0 unspecified atom stereocenters. The van der Waals surface area contributed by atoms with Crippen molar-refractivity contribution in [2.24, 2.45) is 5.73 Å². The van der Waals surface area contributed by atoms with Crippen LogP contribution in [0.25, 0.3) is 0 Å².